The predicted molar refractivity (Wildman–Crippen MR) is 109 cm³/mol. The van der Waals surface area contributed by atoms with Gasteiger partial charge in [-0.25, -0.2) is 0 Å². The first-order valence-corrected chi connectivity index (χ1v) is 10.4. The van der Waals surface area contributed by atoms with E-state index in [1.165, 1.54) is 0 Å². The Morgan fingerprint density at radius 1 is 1.17 bits per heavy atom. The highest BCUT2D eigenvalue weighted by molar-refractivity contribution is 7.13. The lowest BCUT2D eigenvalue weighted by molar-refractivity contribution is -0.155. The SMILES string of the molecule is CC(=O)N1CCC(C(=O)OCc2cc(-c3cccs3)on2)(c2ccccc2)CC1. The molecule has 0 radical (unpaired) electrons. The topological polar surface area (TPSA) is 72.6 Å². The Hall–Kier alpha value is -2.93. The van der Waals surface area contributed by atoms with Crippen molar-refractivity contribution in [1.82, 2.24) is 10.1 Å². The molecule has 4 rings (SSSR count). The van der Waals surface area contributed by atoms with E-state index in [2.05, 4.69) is 5.16 Å². The van der Waals surface area contributed by atoms with Crippen LogP contribution in [0.5, 0.6) is 0 Å². The molecule has 150 valence electrons. The Morgan fingerprint density at radius 2 is 1.93 bits per heavy atom. The van der Waals surface area contributed by atoms with Crippen LogP contribution < -0.4 is 0 Å². The Balaban J connectivity index is 1.50. The number of hydrogen-bond acceptors (Lipinski definition) is 6. The third-order valence-corrected chi connectivity index (χ3v) is 6.34. The molecule has 0 N–H and O–H groups in total. The first-order valence-electron chi connectivity index (χ1n) is 9.56. The highest BCUT2D eigenvalue weighted by Gasteiger charge is 2.44. The highest BCUT2D eigenvalue weighted by Crippen LogP contribution is 2.37. The normalized spacial score (nSPS) is 15.8. The minimum absolute atomic E-state index is 0.0312. The fourth-order valence-corrected chi connectivity index (χ4v) is 4.44. The summed E-state index contributed by atoms with van der Waals surface area (Å²) in [6, 6.07) is 15.4. The molecule has 3 aromatic rings. The third-order valence-electron chi connectivity index (χ3n) is 5.45. The second kappa shape index (κ2) is 8.21. The molecule has 29 heavy (non-hydrogen) atoms. The van der Waals surface area contributed by atoms with Crippen LogP contribution in [0, 0.1) is 0 Å². The molecule has 0 bridgehead atoms. The quantitative estimate of drug-likeness (QED) is 0.594. The summed E-state index contributed by atoms with van der Waals surface area (Å²) in [7, 11) is 0. The van der Waals surface area contributed by atoms with Gasteiger partial charge in [0, 0.05) is 26.1 Å². The van der Waals surface area contributed by atoms with Crippen molar-refractivity contribution < 1.29 is 18.8 Å². The number of likely N-dealkylation sites (tertiary alicyclic amines) is 1. The number of rotatable bonds is 5. The second-order valence-corrected chi connectivity index (χ2v) is 8.14. The lowest BCUT2D eigenvalue weighted by Crippen LogP contribution is -2.49. The van der Waals surface area contributed by atoms with Crippen LogP contribution in [0.1, 0.15) is 31.0 Å². The highest BCUT2D eigenvalue weighted by atomic mass is 32.1. The number of hydrogen-bond donors (Lipinski definition) is 0. The molecular weight excluding hydrogens is 388 g/mol. The number of amides is 1. The molecule has 0 spiro atoms. The van der Waals surface area contributed by atoms with Gasteiger partial charge in [-0.1, -0.05) is 41.6 Å². The molecule has 1 fully saturated rings. The van der Waals surface area contributed by atoms with Crippen LogP contribution in [0.25, 0.3) is 10.6 Å². The largest absolute Gasteiger partial charge is 0.458 e. The molecule has 2 aromatic heterocycles. The molecule has 1 aromatic carbocycles. The minimum atomic E-state index is -0.756. The third kappa shape index (κ3) is 3.96. The van der Waals surface area contributed by atoms with E-state index in [1.807, 2.05) is 47.8 Å². The molecule has 3 heterocycles. The zero-order valence-corrected chi connectivity index (χ0v) is 17.0. The molecule has 0 unspecified atom stereocenters. The van der Waals surface area contributed by atoms with E-state index in [0.717, 1.165) is 10.4 Å². The standard InChI is InChI=1S/C22H22N2O4S/c1-16(25)24-11-9-22(10-12-24,17-6-3-2-4-7-17)21(26)27-15-18-14-19(28-23-18)20-8-5-13-29-20/h2-8,13-14H,9-12,15H2,1H3. The number of carbonyl (C=O) groups is 2. The van der Waals surface area contributed by atoms with E-state index in [9.17, 15) is 9.59 Å². The van der Waals surface area contributed by atoms with Gasteiger partial charge in [0.05, 0.1) is 10.3 Å². The lowest BCUT2D eigenvalue weighted by Gasteiger charge is -2.40. The van der Waals surface area contributed by atoms with Crippen LogP contribution in [0.15, 0.2) is 58.4 Å². The van der Waals surface area contributed by atoms with Crippen molar-refractivity contribution in [2.75, 3.05) is 13.1 Å². The van der Waals surface area contributed by atoms with E-state index in [1.54, 1.807) is 29.2 Å². The molecule has 0 aliphatic carbocycles. The van der Waals surface area contributed by atoms with Crippen molar-refractivity contribution in [2.24, 2.45) is 0 Å². The van der Waals surface area contributed by atoms with Gasteiger partial charge in [-0.2, -0.15) is 0 Å². The van der Waals surface area contributed by atoms with Gasteiger partial charge in [-0.15, -0.1) is 11.3 Å². The number of nitrogens with zero attached hydrogens (tertiary/aromatic N) is 2. The van der Waals surface area contributed by atoms with Gasteiger partial charge in [0.2, 0.25) is 5.91 Å². The molecular formula is C22H22N2O4S. The molecule has 1 saturated heterocycles. The fourth-order valence-electron chi connectivity index (χ4n) is 3.76. The van der Waals surface area contributed by atoms with Crippen LogP contribution >= 0.6 is 11.3 Å². The molecule has 6 nitrogen and oxygen atoms in total. The average Bonchev–Trinajstić information content (AvgIpc) is 3.44. The number of thiophene rings is 1. The number of esters is 1. The second-order valence-electron chi connectivity index (χ2n) is 7.19. The summed E-state index contributed by atoms with van der Waals surface area (Å²) >= 11 is 1.56. The van der Waals surface area contributed by atoms with Gasteiger partial charge in [0.1, 0.15) is 12.3 Å². The summed E-state index contributed by atoms with van der Waals surface area (Å²) in [6.45, 7) is 2.68. The van der Waals surface area contributed by atoms with Crippen molar-refractivity contribution in [2.45, 2.75) is 31.8 Å². The van der Waals surface area contributed by atoms with E-state index >= 15 is 0 Å². The van der Waals surface area contributed by atoms with Crippen molar-refractivity contribution >= 4 is 23.2 Å². The molecule has 0 saturated carbocycles. The smallest absolute Gasteiger partial charge is 0.317 e. The van der Waals surface area contributed by atoms with Gasteiger partial charge in [0.15, 0.2) is 5.76 Å². The molecule has 1 amide bonds. The first kappa shape index (κ1) is 19.4. The molecule has 0 atom stereocenters. The number of aromatic nitrogens is 1. The van der Waals surface area contributed by atoms with Crippen molar-refractivity contribution in [3.05, 3.63) is 65.2 Å². The maximum absolute atomic E-state index is 13.2. The van der Waals surface area contributed by atoms with Gasteiger partial charge < -0.3 is 14.2 Å². The monoisotopic (exact) mass is 410 g/mol. The van der Waals surface area contributed by atoms with Crippen molar-refractivity contribution in [3.63, 3.8) is 0 Å². The Kier molecular flexibility index (Phi) is 5.49. The van der Waals surface area contributed by atoms with E-state index < -0.39 is 5.41 Å². The number of benzene rings is 1. The predicted octanol–water partition coefficient (Wildman–Crippen LogP) is 4.03. The van der Waals surface area contributed by atoms with Crippen LogP contribution in [-0.4, -0.2) is 35.0 Å². The van der Waals surface area contributed by atoms with E-state index in [0.29, 0.717) is 37.4 Å². The summed E-state index contributed by atoms with van der Waals surface area (Å²) in [5, 5.41) is 5.99. The summed E-state index contributed by atoms with van der Waals surface area (Å²) < 4.78 is 11.1. The summed E-state index contributed by atoms with van der Waals surface area (Å²) in [5.74, 6) is 0.412. The van der Waals surface area contributed by atoms with Gasteiger partial charge in [-0.3, -0.25) is 9.59 Å². The maximum atomic E-state index is 13.2. The van der Waals surface area contributed by atoms with Crippen molar-refractivity contribution in [3.8, 4) is 10.6 Å². The summed E-state index contributed by atoms with van der Waals surface area (Å²) in [4.78, 5) is 27.7. The number of piperidine rings is 1. The van der Waals surface area contributed by atoms with E-state index in [4.69, 9.17) is 9.26 Å². The molecule has 1 aliphatic heterocycles. The van der Waals surface area contributed by atoms with Gasteiger partial charge in [0.25, 0.3) is 0 Å². The summed E-state index contributed by atoms with van der Waals surface area (Å²) in [5.41, 5.74) is 0.742. The molecule has 7 heteroatoms. The Morgan fingerprint density at radius 3 is 2.59 bits per heavy atom. The first-order chi connectivity index (χ1) is 14.1. The number of ether oxygens (including phenoxy) is 1. The number of carbonyl (C=O) groups excluding carboxylic acids is 2. The zero-order valence-electron chi connectivity index (χ0n) is 16.2. The van der Waals surface area contributed by atoms with E-state index in [-0.39, 0.29) is 18.5 Å². The van der Waals surface area contributed by atoms with Crippen LogP contribution in [0.3, 0.4) is 0 Å². The van der Waals surface area contributed by atoms with Crippen LogP contribution in [0.4, 0.5) is 0 Å². The summed E-state index contributed by atoms with van der Waals surface area (Å²) in [6.07, 6.45) is 1.07. The van der Waals surface area contributed by atoms with Crippen molar-refractivity contribution in [1.29, 1.82) is 0 Å². The maximum Gasteiger partial charge on any atom is 0.317 e. The Labute approximate surface area is 173 Å². The molecule has 1 aliphatic rings. The zero-order chi connectivity index (χ0) is 20.3. The van der Waals surface area contributed by atoms with Gasteiger partial charge in [-0.05, 0) is 29.9 Å². The fraction of sp³-hybridized carbons (Fsp3) is 0.318. The minimum Gasteiger partial charge on any atom is -0.458 e. The Bertz CT molecular complexity index is 973. The van der Waals surface area contributed by atoms with Crippen LogP contribution in [-0.2, 0) is 26.3 Å². The van der Waals surface area contributed by atoms with Crippen LogP contribution in [0.2, 0.25) is 0 Å². The van der Waals surface area contributed by atoms with Gasteiger partial charge >= 0.3 is 5.97 Å². The lowest BCUT2D eigenvalue weighted by atomic mass is 9.72. The average molecular weight is 410 g/mol.